The first-order chi connectivity index (χ1) is 17.8. The summed E-state index contributed by atoms with van der Waals surface area (Å²) < 4.78 is 20.1. The summed E-state index contributed by atoms with van der Waals surface area (Å²) in [5.74, 6) is -0.702. The number of hydrogen-bond donors (Lipinski definition) is 2. The Labute approximate surface area is 214 Å². The molecule has 2 aromatic carbocycles. The van der Waals surface area contributed by atoms with Crippen LogP contribution in [-0.2, 0) is 6.54 Å². The van der Waals surface area contributed by atoms with E-state index in [-0.39, 0.29) is 23.7 Å². The molecule has 0 aliphatic carbocycles. The predicted octanol–water partition coefficient (Wildman–Crippen LogP) is 2.87. The Kier molecular flexibility index (Phi) is 5.33. The fourth-order valence-electron chi connectivity index (χ4n) is 4.76. The number of aliphatic imine (C=N–C) groups is 2. The molecule has 2 aromatic heterocycles. The number of nitrogens with two attached hydrogens (primary N) is 1. The molecule has 0 radical (unpaired) electrons. The Hall–Kier alpha value is -4.45. The van der Waals surface area contributed by atoms with Crippen LogP contribution in [0.25, 0.3) is 15.9 Å². The van der Waals surface area contributed by atoms with E-state index >= 15 is 0 Å². The molecule has 4 heterocycles. The molecule has 2 aliphatic rings. The van der Waals surface area contributed by atoms with Gasteiger partial charge in [-0.25, -0.2) is 19.4 Å². The largest absolute Gasteiger partial charge is 0.508 e. The summed E-state index contributed by atoms with van der Waals surface area (Å²) in [5, 5.41) is 16.9. The highest BCUT2D eigenvalue weighted by Gasteiger charge is 2.42. The lowest BCUT2D eigenvalue weighted by Crippen LogP contribution is -2.42. The summed E-state index contributed by atoms with van der Waals surface area (Å²) in [7, 11) is 0. The highest BCUT2D eigenvalue weighted by atomic mass is 32.1. The monoisotopic (exact) mass is 516 g/mol. The van der Waals surface area contributed by atoms with Gasteiger partial charge >= 0.3 is 0 Å². The Morgan fingerprint density at radius 3 is 2.78 bits per heavy atom. The van der Waals surface area contributed by atoms with Gasteiger partial charge in [-0.3, -0.25) is 14.4 Å². The number of benzene rings is 2. The Balaban J connectivity index is 1.52. The summed E-state index contributed by atoms with van der Waals surface area (Å²) >= 11 is 1.17. The Morgan fingerprint density at radius 1 is 1.19 bits per heavy atom. The summed E-state index contributed by atoms with van der Waals surface area (Å²) in [5.41, 5.74) is 9.02. The number of hydrazone groups is 1. The summed E-state index contributed by atoms with van der Waals surface area (Å²) in [6.07, 6.45) is 0.779. The van der Waals surface area contributed by atoms with E-state index in [9.17, 15) is 14.3 Å². The van der Waals surface area contributed by atoms with E-state index in [2.05, 4.69) is 14.4 Å². The van der Waals surface area contributed by atoms with E-state index < -0.39 is 17.9 Å². The SMILES string of the molecule is Cc1ccccc1-n1c(CN2N=C(c3cc(O)cc(F)c3)C3C(N)=NC=NC32)nc2snc(C)c2c1=O. The maximum Gasteiger partial charge on any atom is 0.268 e. The fourth-order valence-corrected chi connectivity index (χ4v) is 5.54. The molecule has 10 nitrogen and oxygen atoms in total. The van der Waals surface area contributed by atoms with Crippen LogP contribution in [0.5, 0.6) is 5.75 Å². The van der Waals surface area contributed by atoms with Crippen LogP contribution >= 0.6 is 11.5 Å². The van der Waals surface area contributed by atoms with E-state index in [4.69, 9.17) is 15.8 Å². The first-order valence-electron chi connectivity index (χ1n) is 11.5. The van der Waals surface area contributed by atoms with Gasteiger partial charge < -0.3 is 10.8 Å². The van der Waals surface area contributed by atoms with Gasteiger partial charge in [0.05, 0.1) is 23.6 Å². The number of aryl methyl sites for hydroxylation is 2. The Bertz CT molecular complexity index is 1700. The second kappa shape index (κ2) is 8.59. The van der Waals surface area contributed by atoms with Crippen LogP contribution in [0.2, 0.25) is 0 Å². The van der Waals surface area contributed by atoms with Crippen molar-refractivity contribution < 1.29 is 9.50 Å². The van der Waals surface area contributed by atoms with Crippen molar-refractivity contribution in [2.45, 2.75) is 26.6 Å². The van der Waals surface area contributed by atoms with Gasteiger partial charge in [0.15, 0.2) is 11.0 Å². The number of fused-ring (bicyclic) bond motifs is 2. The highest BCUT2D eigenvalue weighted by molar-refractivity contribution is 7.12. The first-order valence-corrected chi connectivity index (χ1v) is 12.2. The zero-order chi connectivity index (χ0) is 25.8. The molecule has 12 heteroatoms. The van der Waals surface area contributed by atoms with E-state index in [1.165, 1.54) is 30.0 Å². The number of aromatic hydroxyl groups is 1. The van der Waals surface area contributed by atoms with Crippen LogP contribution in [0.1, 0.15) is 22.6 Å². The molecular weight excluding hydrogens is 495 g/mol. The van der Waals surface area contributed by atoms with Crippen LogP contribution in [0.3, 0.4) is 0 Å². The van der Waals surface area contributed by atoms with Gasteiger partial charge in [0.2, 0.25) is 0 Å². The molecule has 0 spiro atoms. The molecule has 0 amide bonds. The van der Waals surface area contributed by atoms with Crippen molar-refractivity contribution >= 4 is 39.6 Å². The van der Waals surface area contributed by atoms with E-state index in [0.717, 1.165) is 11.6 Å². The fraction of sp³-hybridized carbons (Fsp3) is 0.200. The standard InChI is InChI=1S/C25H21FN8O2S/c1-12-5-3-4-6-17(12)34-18(30-24-19(25(34)36)13(2)32-37-24)10-33-23-20(22(27)28-11-29-23)21(31-33)14-7-15(26)9-16(35)8-14/h3-9,11,20,23,35H,10H2,1-2H3,(H2,27,28,29). The van der Waals surface area contributed by atoms with Crippen LogP contribution < -0.4 is 11.3 Å². The average Bonchev–Trinajstić information content (AvgIpc) is 3.41. The van der Waals surface area contributed by atoms with E-state index in [1.54, 1.807) is 16.5 Å². The van der Waals surface area contributed by atoms with E-state index in [0.29, 0.717) is 38.7 Å². The highest BCUT2D eigenvalue weighted by Crippen LogP contribution is 2.32. The van der Waals surface area contributed by atoms with Gasteiger partial charge in [0.25, 0.3) is 5.56 Å². The third-order valence-electron chi connectivity index (χ3n) is 6.47. The minimum absolute atomic E-state index is 0.104. The maximum atomic E-state index is 14.1. The van der Waals surface area contributed by atoms with Crippen molar-refractivity contribution in [2.24, 2.45) is 26.7 Å². The molecule has 186 valence electrons. The van der Waals surface area contributed by atoms with Crippen molar-refractivity contribution in [1.82, 2.24) is 18.9 Å². The molecule has 2 atom stereocenters. The Morgan fingerprint density at radius 2 is 2.00 bits per heavy atom. The molecule has 4 aromatic rings. The summed E-state index contributed by atoms with van der Waals surface area (Å²) in [6.45, 7) is 3.82. The summed E-state index contributed by atoms with van der Waals surface area (Å²) in [4.78, 5) is 27.7. The molecule has 37 heavy (non-hydrogen) atoms. The topological polar surface area (TPSA) is 134 Å². The molecular formula is C25H21FN8O2S. The zero-order valence-corrected chi connectivity index (χ0v) is 20.6. The molecule has 0 saturated heterocycles. The van der Waals surface area contributed by atoms with Gasteiger partial charge in [0, 0.05) is 11.6 Å². The lowest BCUT2D eigenvalue weighted by atomic mass is 9.93. The smallest absolute Gasteiger partial charge is 0.268 e. The van der Waals surface area contributed by atoms with Gasteiger partial charge in [-0.15, -0.1) is 0 Å². The minimum atomic E-state index is -0.608. The molecule has 0 bridgehead atoms. The molecule has 0 saturated carbocycles. The average molecular weight is 517 g/mol. The third kappa shape index (κ3) is 3.76. The number of rotatable bonds is 4. The zero-order valence-electron chi connectivity index (χ0n) is 19.8. The second-order valence-corrected chi connectivity index (χ2v) is 9.65. The first kappa shape index (κ1) is 23.0. The molecule has 2 aliphatic heterocycles. The molecule has 0 fully saturated rings. The van der Waals surface area contributed by atoms with Crippen LogP contribution in [0.4, 0.5) is 4.39 Å². The van der Waals surface area contributed by atoms with Crippen LogP contribution in [-0.4, -0.2) is 48.1 Å². The lowest BCUT2D eigenvalue weighted by molar-refractivity contribution is 0.207. The van der Waals surface area contributed by atoms with Crippen LogP contribution in [0.15, 0.2) is 62.3 Å². The number of phenols is 1. The number of hydrogen-bond acceptors (Lipinski definition) is 10. The number of halogens is 1. The number of para-hydroxylation sites is 1. The molecule has 6 rings (SSSR count). The predicted molar refractivity (Wildman–Crippen MR) is 140 cm³/mol. The van der Waals surface area contributed by atoms with Crippen LogP contribution in [0, 0.1) is 25.6 Å². The number of amidine groups is 1. The summed E-state index contributed by atoms with van der Waals surface area (Å²) in [6, 6.07) is 11.3. The van der Waals surface area contributed by atoms with Crippen molar-refractivity contribution in [3.05, 3.63) is 81.3 Å². The lowest BCUT2D eigenvalue weighted by Gasteiger charge is -2.26. The van der Waals surface area contributed by atoms with Crippen molar-refractivity contribution in [1.29, 1.82) is 0 Å². The number of aromatic nitrogens is 3. The van der Waals surface area contributed by atoms with Gasteiger partial charge in [0.1, 0.15) is 40.9 Å². The van der Waals surface area contributed by atoms with Crippen molar-refractivity contribution in [2.75, 3.05) is 0 Å². The molecule has 2 unspecified atom stereocenters. The third-order valence-corrected chi connectivity index (χ3v) is 7.30. The normalized spacial score (nSPS) is 18.7. The minimum Gasteiger partial charge on any atom is -0.508 e. The van der Waals surface area contributed by atoms with E-state index in [1.807, 2.05) is 31.2 Å². The van der Waals surface area contributed by atoms with Gasteiger partial charge in [-0.2, -0.15) is 9.47 Å². The van der Waals surface area contributed by atoms with Crippen molar-refractivity contribution in [3.8, 4) is 11.4 Å². The second-order valence-electron chi connectivity index (χ2n) is 8.89. The van der Waals surface area contributed by atoms with Gasteiger partial charge in [-0.1, -0.05) is 18.2 Å². The number of phenolic OH excluding ortho intramolecular Hbond substituents is 1. The number of nitrogens with zero attached hydrogens (tertiary/aromatic N) is 7. The molecule has 3 N–H and O–H groups in total. The quantitative estimate of drug-likeness (QED) is 0.428. The maximum absolute atomic E-state index is 14.1. The van der Waals surface area contributed by atoms with Crippen molar-refractivity contribution in [3.63, 3.8) is 0 Å². The van der Waals surface area contributed by atoms with Gasteiger partial charge in [-0.05, 0) is 49.1 Å².